The van der Waals surface area contributed by atoms with E-state index < -0.39 is 0 Å². The lowest BCUT2D eigenvalue weighted by Gasteiger charge is -2.12. The highest BCUT2D eigenvalue weighted by Gasteiger charge is 2.14. The molecular weight excluding hydrogens is 188 g/mol. The van der Waals surface area contributed by atoms with Crippen LogP contribution < -0.4 is 0 Å². The Kier molecular flexibility index (Phi) is 8.44. The molecule has 0 aliphatic heterocycles. The molecule has 0 fully saturated rings. The minimum atomic E-state index is -0.0215. The molecule has 0 aliphatic rings. The number of unbranched alkanes of at least 4 members (excludes halogenated alkanes) is 2. The zero-order chi connectivity index (χ0) is 11.7. The molecule has 0 saturated heterocycles. The van der Waals surface area contributed by atoms with E-state index in [0.29, 0.717) is 12.5 Å². The molecule has 2 nitrogen and oxygen atoms in total. The summed E-state index contributed by atoms with van der Waals surface area (Å²) < 4.78 is 5.20. The number of hydrogen-bond donors (Lipinski definition) is 0. The number of ether oxygens (including phenoxy) is 1. The summed E-state index contributed by atoms with van der Waals surface area (Å²) >= 11 is 0. The van der Waals surface area contributed by atoms with E-state index in [1.807, 2.05) is 6.92 Å². The lowest BCUT2D eigenvalue weighted by Crippen LogP contribution is -2.16. The molecule has 0 saturated carbocycles. The van der Waals surface area contributed by atoms with Crippen LogP contribution in [0.15, 0.2) is 0 Å². The van der Waals surface area contributed by atoms with Crippen molar-refractivity contribution in [2.45, 2.75) is 59.8 Å². The van der Waals surface area contributed by atoms with Gasteiger partial charge in [-0.25, -0.2) is 0 Å². The third kappa shape index (κ3) is 8.46. The third-order valence-electron chi connectivity index (χ3n) is 2.57. The van der Waals surface area contributed by atoms with Gasteiger partial charge >= 0.3 is 5.97 Å². The Balaban J connectivity index is 3.51. The molecule has 0 radical (unpaired) electrons. The smallest absolute Gasteiger partial charge is 0.308 e. The van der Waals surface area contributed by atoms with E-state index in [1.165, 1.54) is 6.42 Å². The fraction of sp³-hybridized carbons (Fsp3) is 0.923. The third-order valence-corrected chi connectivity index (χ3v) is 2.57. The van der Waals surface area contributed by atoms with Crippen LogP contribution >= 0.6 is 0 Å². The molecule has 0 amide bonds. The van der Waals surface area contributed by atoms with E-state index in [-0.39, 0.29) is 11.9 Å². The molecule has 0 N–H and O–H groups in total. The van der Waals surface area contributed by atoms with Crippen LogP contribution in [0.1, 0.15) is 59.8 Å². The van der Waals surface area contributed by atoms with Gasteiger partial charge in [-0.1, -0.05) is 47.0 Å². The van der Waals surface area contributed by atoms with Gasteiger partial charge < -0.3 is 4.74 Å². The maximum atomic E-state index is 11.5. The van der Waals surface area contributed by atoms with Crippen molar-refractivity contribution in [3.63, 3.8) is 0 Å². The van der Waals surface area contributed by atoms with Crippen LogP contribution in [0.25, 0.3) is 0 Å². The predicted octanol–water partition coefficient (Wildman–Crippen LogP) is 3.79. The first-order chi connectivity index (χ1) is 7.07. The Morgan fingerprint density at radius 3 is 2.33 bits per heavy atom. The summed E-state index contributed by atoms with van der Waals surface area (Å²) in [4.78, 5) is 11.5. The monoisotopic (exact) mass is 214 g/mol. The Hall–Kier alpha value is -0.530. The predicted molar refractivity (Wildman–Crippen MR) is 63.7 cm³/mol. The van der Waals surface area contributed by atoms with Gasteiger partial charge in [0.1, 0.15) is 0 Å². The van der Waals surface area contributed by atoms with Crippen molar-refractivity contribution in [3.8, 4) is 0 Å². The quantitative estimate of drug-likeness (QED) is 0.454. The topological polar surface area (TPSA) is 26.3 Å². The largest absolute Gasteiger partial charge is 0.465 e. The van der Waals surface area contributed by atoms with Crippen molar-refractivity contribution in [2.24, 2.45) is 11.8 Å². The zero-order valence-electron chi connectivity index (χ0n) is 10.7. The van der Waals surface area contributed by atoms with E-state index in [2.05, 4.69) is 20.8 Å². The summed E-state index contributed by atoms with van der Waals surface area (Å²) in [7, 11) is 0. The molecule has 0 aliphatic carbocycles. The van der Waals surface area contributed by atoms with Gasteiger partial charge in [-0.2, -0.15) is 0 Å². The average molecular weight is 214 g/mol. The molecule has 0 aromatic carbocycles. The van der Waals surface area contributed by atoms with Crippen LogP contribution in [0.5, 0.6) is 0 Å². The van der Waals surface area contributed by atoms with E-state index in [4.69, 9.17) is 4.74 Å². The Labute approximate surface area is 94.4 Å². The van der Waals surface area contributed by atoms with Crippen molar-refractivity contribution in [1.29, 1.82) is 0 Å². The van der Waals surface area contributed by atoms with Crippen LogP contribution in [-0.2, 0) is 9.53 Å². The molecule has 0 aromatic rings. The molecular formula is C13H26O2. The summed E-state index contributed by atoms with van der Waals surface area (Å²) in [5.74, 6) is 0.709. The van der Waals surface area contributed by atoms with Crippen LogP contribution in [-0.4, -0.2) is 12.6 Å². The summed E-state index contributed by atoms with van der Waals surface area (Å²) in [6, 6.07) is 0. The highest BCUT2D eigenvalue weighted by molar-refractivity contribution is 5.71. The van der Waals surface area contributed by atoms with E-state index in [9.17, 15) is 4.79 Å². The summed E-state index contributed by atoms with van der Waals surface area (Å²) in [5, 5.41) is 0. The second-order valence-electron chi connectivity index (χ2n) is 4.75. The summed E-state index contributed by atoms with van der Waals surface area (Å²) in [6.07, 6.45) is 5.36. The van der Waals surface area contributed by atoms with Crippen LogP contribution in [0.4, 0.5) is 0 Å². The second-order valence-corrected chi connectivity index (χ2v) is 4.75. The molecule has 0 aromatic heterocycles. The highest BCUT2D eigenvalue weighted by Crippen LogP contribution is 2.13. The fourth-order valence-electron chi connectivity index (χ4n) is 1.37. The molecule has 90 valence electrons. The minimum Gasteiger partial charge on any atom is -0.465 e. The van der Waals surface area contributed by atoms with Crippen LogP contribution in [0.2, 0.25) is 0 Å². The molecule has 0 heterocycles. The first-order valence-corrected chi connectivity index (χ1v) is 6.24. The van der Waals surface area contributed by atoms with Crippen molar-refractivity contribution in [2.75, 3.05) is 6.61 Å². The summed E-state index contributed by atoms with van der Waals surface area (Å²) in [6.45, 7) is 9.06. The molecule has 0 rings (SSSR count). The molecule has 2 heteroatoms. The number of carbonyl (C=O) groups excluding carboxylic acids is 1. The van der Waals surface area contributed by atoms with Crippen molar-refractivity contribution in [1.82, 2.24) is 0 Å². The Bertz CT molecular complexity index is 164. The molecule has 1 atom stereocenters. The van der Waals surface area contributed by atoms with Gasteiger partial charge in [-0.3, -0.25) is 4.79 Å². The molecule has 1 unspecified atom stereocenters. The highest BCUT2D eigenvalue weighted by atomic mass is 16.5. The summed E-state index contributed by atoms with van der Waals surface area (Å²) in [5.41, 5.74) is 0. The van der Waals surface area contributed by atoms with Gasteiger partial charge in [0.25, 0.3) is 0 Å². The second kappa shape index (κ2) is 8.75. The first kappa shape index (κ1) is 14.5. The number of rotatable bonds is 8. The molecule has 0 bridgehead atoms. The number of esters is 1. The van der Waals surface area contributed by atoms with Crippen LogP contribution in [0, 0.1) is 11.8 Å². The van der Waals surface area contributed by atoms with E-state index in [0.717, 1.165) is 25.7 Å². The maximum Gasteiger partial charge on any atom is 0.308 e. The van der Waals surface area contributed by atoms with Gasteiger partial charge in [0, 0.05) is 0 Å². The molecule has 15 heavy (non-hydrogen) atoms. The fourth-order valence-corrected chi connectivity index (χ4v) is 1.37. The lowest BCUT2D eigenvalue weighted by molar-refractivity contribution is -0.148. The number of hydrogen-bond acceptors (Lipinski definition) is 2. The SMILES string of the molecule is CCCCCOC(=O)C(C)CCC(C)C. The maximum absolute atomic E-state index is 11.5. The van der Waals surface area contributed by atoms with Gasteiger partial charge in [0.2, 0.25) is 0 Å². The van der Waals surface area contributed by atoms with Gasteiger partial charge in [0.05, 0.1) is 12.5 Å². The zero-order valence-corrected chi connectivity index (χ0v) is 10.7. The Morgan fingerprint density at radius 2 is 1.80 bits per heavy atom. The Morgan fingerprint density at radius 1 is 1.13 bits per heavy atom. The minimum absolute atomic E-state index is 0.0215. The van der Waals surface area contributed by atoms with Crippen molar-refractivity contribution >= 4 is 5.97 Å². The van der Waals surface area contributed by atoms with Gasteiger partial charge in [0.15, 0.2) is 0 Å². The van der Waals surface area contributed by atoms with Crippen molar-refractivity contribution < 1.29 is 9.53 Å². The lowest BCUT2D eigenvalue weighted by atomic mass is 10.00. The van der Waals surface area contributed by atoms with E-state index >= 15 is 0 Å². The van der Waals surface area contributed by atoms with Crippen molar-refractivity contribution in [3.05, 3.63) is 0 Å². The molecule has 0 spiro atoms. The van der Waals surface area contributed by atoms with E-state index in [1.54, 1.807) is 0 Å². The van der Waals surface area contributed by atoms with Crippen LogP contribution in [0.3, 0.4) is 0 Å². The normalized spacial score (nSPS) is 12.9. The standard InChI is InChI=1S/C13H26O2/c1-5-6-7-10-15-13(14)12(4)9-8-11(2)3/h11-12H,5-10H2,1-4H3. The number of carbonyl (C=O) groups is 1. The van der Waals surface area contributed by atoms with Gasteiger partial charge in [-0.15, -0.1) is 0 Å². The average Bonchev–Trinajstić information content (AvgIpc) is 2.20. The van der Waals surface area contributed by atoms with Gasteiger partial charge in [-0.05, 0) is 18.8 Å². The first-order valence-electron chi connectivity index (χ1n) is 6.24.